The molecule has 0 heterocycles. The Bertz CT molecular complexity index is 367. The van der Waals surface area contributed by atoms with Gasteiger partial charge in [0, 0.05) is 12.0 Å². The number of carbonyl (C=O) groups excluding carboxylic acids is 1. The Labute approximate surface area is 77.2 Å². The number of carbonyl (C=O) groups is 1. The topological polar surface area (TPSA) is 37.3 Å². The van der Waals surface area contributed by atoms with Crippen LogP contribution in [0, 0.1) is 6.92 Å². The van der Waals surface area contributed by atoms with E-state index in [0.717, 1.165) is 29.5 Å². The zero-order chi connectivity index (χ0) is 9.42. The maximum atomic E-state index is 11.5. The molecule has 0 amide bonds. The molecule has 0 aromatic heterocycles. The molecule has 0 aliphatic heterocycles. The van der Waals surface area contributed by atoms with E-state index in [0.29, 0.717) is 6.42 Å². The van der Waals surface area contributed by atoms with Gasteiger partial charge in [0.2, 0.25) is 0 Å². The minimum Gasteiger partial charge on any atom is -0.508 e. The van der Waals surface area contributed by atoms with Gasteiger partial charge in [-0.05, 0) is 43.0 Å². The van der Waals surface area contributed by atoms with Gasteiger partial charge in [0.15, 0.2) is 5.78 Å². The minimum atomic E-state index is 0.221. The molecule has 0 bridgehead atoms. The van der Waals surface area contributed by atoms with Crippen LogP contribution in [0.25, 0.3) is 0 Å². The number of rotatable bonds is 0. The van der Waals surface area contributed by atoms with Crippen molar-refractivity contribution in [3.63, 3.8) is 0 Å². The van der Waals surface area contributed by atoms with Crippen molar-refractivity contribution in [2.24, 2.45) is 0 Å². The Balaban J connectivity index is 2.63. The molecule has 1 aromatic carbocycles. The largest absolute Gasteiger partial charge is 0.508 e. The zero-order valence-electron chi connectivity index (χ0n) is 7.63. The second-order valence-electron chi connectivity index (χ2n) is 3.57. The molecule has 0 saturated carbocycles. The predicted octanol–water partition coefficient (Wildman–Crippen LogP) is 2.22. The van der Waals surface area contributed by atoms with Gasteiger partial charge >= 0.3 is 0 Å². The Morgan fingerprint density at radius 1 is 1.31 bits per heavy atom. The summed E-state index contributed by atoms with van der Waals surface area (Å²) in [7, 11) is 0. The molecule has 0 radical (unpaired) electrons. The molecular weight excluding hydrogens is 164 g/mol. The Morgan fingerprint density at radius 3 is 2.85 bits per heavy atom. The van der Waals surface area contributed by atoms with Crippen molar-refractivity contribution in [3.05, 3.63) is 28.8 Å². The molecule has 0 spiro atoms. The van der Waals surface area contributed by atoms with Crippen molar-refractivity contribution in [2.45, 2.75) is 26.2 Å². The summed E-state index contributed by atoms with van der Waals surface area (Å²) in [6.45, 7) is 1.88. The number of hydrogen-bond donors (Lipinski definition) is 1. The lowest BCUT2D eigenvalue weighted by molar-refractivity contribution is 0.0972. The van der Waals surface area contributed by atoms with Gasteiger partial charge in [0.05, 0.1) is 0 Å². The van der Waals surface area contributed by atoms with Gasteiger partial charge in [-0.2, -0.15) is 0 Å². The molecule has 0 unspecified atom stereocenters. The zero-order valence-corrected chi connectivity index (χ0v) is 7.63. The first-order chi connectivity index (χ1) is 6.18. The highest BCUT2D eigenvalue weighted by Gasteiger charge is 2.19. The average Bonchev–Trinajstić information content (AvgIpc) is 2.02. The number of ketones is 1. The van der Waals surface area contributed by atoms with Crippen molar-refractivity contribution in [1.29, 1.82) is 0 Å². The highest BCUT2D eigenvalue weighted by atomic mass is 16.3. The smallest absolute Gasteiger partial charge is 0.163 e. The number of hydrogen-bond acceptors (Lipinski definition) is 2. The lowest BCUT2D eigenvalue weighted by Gasteiger charge is -2.16. The van der Waals surface area contributed by atoms with E-state index >= 15 is 0 Å². The first-order valence-corrected chi connectivity index (χ1v) is 4.54. The van der Waals surface area contributed by atoms with E-state index in [9.17, 15) is 9.90 Å². The third kappa shape index (κ3) is 1.32. The third-order valence-electron chi connectivity index (χ3n) is 2.53. The third-order valence-corrected chi connectivity index (χ3v) is 2.53. The van der Waals surface area contributed by atoms with Crippen LogP contribution in [0.2, 0.25) is 0 Å². The van der Waals surface area contributed by atoms with E-state index < -0.39 is 0 Å². The van der Waals surface area contributed by atoms with Gasteiger partial charge in [-0.1, -0.05) is 0 Å². The summed E-state index contributed by atoms with van der Waals surface area (Å²) in [4.78, 5) is 11.5. The monoisotopic (exact) mass is 176 g/mol. The molecule has 2 heteroatoms. The molecule has 2 nitrogen and oxygen atoms in total. The van der Waals surface area contributed by atoms with E-state index in [1.54, 1.807) is 12.1 Å². The molecular formula is C11H12O2. The molecule has 13 heavy (non-hydrogen) atoms. The van der Waals surface area contributed by atoms with Crippen LogP contribution >= 0.6 is 0 Å². The summed E-state index contributed by atoms with van der Waals surface area (Å²) < 4.78 is 0. The standard InChI is InChI=1S/C11H12O2/c1-7-5-9(12)6-8-3-2-4-10(13)11(7)8/h5-6,12H,2-4H2,1H3. The lowest BCUT2D eigenvalue weighted by Crippen LogP contribution is -2.12. The Kier molecular flexibility index (Phi) is 1.83. The van der Waals surface area contributed by atoms with Gasteiger partial charge in [0.1, 0.15) is 5.75 Å². The maximum Gasteiger partial charge on any atom is 0.163 e. The second-order valence-corrected chi connectivity index (χ2v) is 3.57. The number of aryl methyl sites for hydroxylation is 2. The molecule has 1 aliphatic rings. The van der Waals surface area contributed by atoms with Gasteiger partial charge in [0.25, 0.3) is 0 Å². The molecule has 2 rings (SSSR count). The van der Waals surface area contributed by atoms with Gasteiger partial charge in [-0.15, -0.1) is 0 Å². The summed E-state index contributed by atoms with van der Waals surface area (Å²) >= 11 is 0. The fourth-order valence-corrected chi connectivity index (χ4v) is 2.00. The maximum absolute atomic E-state index is 11.5. The molecule has 0 atom stereocenters. The van der Waals surface area contributed by atoms with Crippen molar-refractivity contribution in [2.75, 3.05) is 0 Å². The molecule has 0 saturated heterocycles. The fraction of sp³-hybridized carbons (Fsp3) is 0.364. The van der Waals surface area contributed by atoms with Crippen LogP contribution in [0.5, 0.6) is 5.75 Å². The van der Waals surface area contributed by atoms with Crippen molar-refractivity contribution in [3.8, 4) is 5.75 Å². The second kappa shape index (κ2) is 2.87. The van der Waals surface area contributed by atoms with Crippen LogP contribution in [0.3, 0.4) is 0 Å². The molecule has 0 fully saturated rings. The summed E-state index contributed by atoms with van der Waals surface area (Å²) in [6.07, 6.45) is 2.48. The molecule has 1 aliphatic carbocycles. The van der Waals surface area contributed by atoms with Crippen LogP contribution in [0.15, 0.2) is 12.1 Å². The van der Waals surface area contributed by atoms with E-state index in [4.69, 9.17) is 0 Å². The van der Waals surface area contributed by atoms with E-state index in [-0.39, 0.29) is 11.5 Å². The van der Waals surface area contributed by atoms with E-state index in [1.807, 2.05) is 6.92 Å². The molecule has 1 N–H and O–H groups in total. The molecule has 1 aromatic rings. The van der Waals surface area contributed by atoms with Gasteiger partial charge < -0.3 is 5.11 Å². The summed E-state index contributed by atoms with van der Waals surface area (Å²) in [5.41, 5.74) is 2.75. The number of phenols is 1. The first-order valence-electron chi connectivity index (χ1n) is 4.54. The summed E-state index contributed by atoms with van der Waals surface area (Å²) in [6, 6.07) is 3.36. The van der Waals surface area contributed by atoms with Gasteiger partial charge in [-0.3, -0.25) is 4.79 Å². The number of fused-ring (bicyclic) bond motifs is 1. The average molecular weight is 176 g/mol. The van der Waals surface area contributed by atoms with Crippen molar-refractivity contribution < 1.29 is 9.90 Å². The number of aromatic hydroxyl groups is 1. The minimum absolute atomic E-state index is 0.221. The summed E-state index contributed by atoms with van der Waals surface area (Å²) in [5.74, 6) is 0.490. The Morgan fingerprint density at radius 2 is 2.08 bits per heavy atom. The van der Waals surface area contributed by atoms with E-state index in [1.165, 1.54) is 0 Å². The normalized spacial score (nSPS) is 15.6. The fourth-order valence-electron chi connectivity index (χ4n) is 2.00. The van der Waals surface area contributed by atoms with Crippen LogP contribution < -0.4 is 0 Å². The molecule has 68 valence electrons. The number of Topliss-reactive ketones (excluding diaryl/α,β-unsaturated/α-hetero) is 1. The highest BCUT2D eigenvalue weighted by Crippen LogP contribution is 2.27. The summed E-state index contributed by atoms with van der Waals surface area (Å²) in [5, 5.41) is 9.34. The van der Waals surface area contributed by atoms with E-state index in [2.05, 4.69) is 0 Å². The SMILES string of the molecule is Cc1cc(O)cc2c1C(=O)CCC2. The van der Waals surface area contributed by atoms with Crippen LogP contribution in [0.1, 0.15) is 34.3 Å². The van der Waals surface area contributed by atoms with Crippen molar-refractivity contribution in [1.82, 2.24) is 0 Å². The van der Waals surface area contributed by atoms with Crippen LogP contribution in [-0.4, -0.2) is 10.9 Å². The lowest BCUT2D eigenvalue weighted by atomic mass is 9.87. The van der Waals surface area contributed by atoms with Crippen LogP contribution in [-0.2, 0) is 6.42 Å². The quantitative estimate of drug-likeness (QED) is 0.658. The number of phenolic OH excluding ortho intramolecular Hbond substituents is 1. The van der Waals surface area contributed by atoms with Crippen LogP contribution in [0.4, 0.5) is 0 Å². The highest BCUT2D eigenvalue weighted by molar-refractivity contribution is 5.99. The van der Waals surface area contributed by atoms with Gasteiger partial charge in [-0.25, -0.2) is 0 Å². The Hall–Kier alpha value is -1.31. The predicted molar refractivity (Wildman–Crippen MR) is 50.1 cm³/mol. The first kappa shape index (κ1) is 8.30. The van der Waals surface area contributed by atoms with Crippen molar-refractivity contribution >= 4 is 5.78 Å². The number of benzene rings is 1.